The van der Waals surface area contributed by atoms with Crippen LogP contribution in [0.1, 0.15) is 16.1 Å². The highest BCUT2D eigenvalue weighted by atomic mass is 35.5. The lowest BCUT2D eigenvalue weighted by Gasteiger charge is -2.12. The van der Waals surface area contributed by atoms with Gasteiger partial charge in [0.05, 0.1) is 18.6 Å². The Morgan fingerprint density at radius 3 is 2.67 bits per heavy atom. The first-order valence-electron chi connectivity index (χ1n) is 4.79. The number of amides is 1. The van der Waals surface area contributed by atoms with E-state index in [0.29, 0.717) is 0 Å². The summed E-state index contributed by atoms with van der Waals surface area (Å²) in [6.07, 6.45) is -0.444. The Hall–Kier alpha value is -1.60. The first kappa shape index (κ1) is 14.5. The summed E-state index contributed by atoms with van der Waals surface area (Å²) in [6.45, 7) is 0. The molecule has 8 heteroatoms. The third-order valence-electron chi connectivity index (χ3n) is 2.03. The number of halogens is 1. The van der Waals surface area contributed by atoms with Crippen molar-refractivity contribution in [3.63, 3.8) is 0 Å². The van der Waals surface area contributed by atoms with E-state index < -0.39 is 30.3 Å². The zero-order valence-corrected chi connectivity index (χ0v) is 10.9. The first-order chi connectivity index (χ1) is 8.45. The molecule has 0 bridgehead atoms. The molecule has 0 aliphatic carbocycles. The van der Waals surface area contributed by atoms with Gasteiger partial charge < -0.3 is 15.2 Å². The molecule has 0 unspecified atom stereocenters. The van der Waals surface area contributed by atoms with Gasteiger partial charge >= 0.3 is 11.9 Å². The topological polar surface area (TPSA) is 92.7 Å². The van der Waals surface area contributed by atoms with Crippen molar-refractivity contribution in [2.75, 3.05) is 7.11 Å². The highest BCUT2D eigenvalue weighted by Crippen LogP contribution is 2.21. The summed E-state index contributed by atoms with van der Waals surface area (Å²) in [5.41, 5.74) is 0. The summed E-state index contributed by atoms with van der Waals surface area (Å²) in [5.74, 6) is -2.67. The van der Waals surface area contributed by atoms with Crippen LogP contribution in [-0.2, 0) is 14.3 Å². The average molecular weight is 292 g/mol. The maximum Gasteiger partial charge on any atom is 0.326 e. The zero-order chi connectivity index (χ0) is 13.7. The van der Waals surface area contributed by atoms with Crippen molar-refractivity contribution in [1.29, 1.82) is 0 Å². The average Bonchev–Trinajstić information content (AvgIpc) is 2.74. The van der Waals surface area contributed by atoms with Gasteiger partial charge in [0.15, 0.2) is 0 Å². The number of carboxylic acids is 1. The minimum atomic E-state index is -1.34. The Balaban J connectivity index is 2.73. The van der Waals surface area contributed by atoms with Crippen LogP contribution in [0.4, 0.5) is 0 Å². The summed E-state index contributed by atoms with van der Waals surface area (Å²) in [6, 6.07) is 0.181. The molecule has 1 aromatic rings. The third kappa shape index (κ3) is 3.71. The van der Waals surface area contributed by atoms with Gasteiger partial charge in [0, 0.05) is 0 Å². The Kier molecular flexibility index (Phi) is 5.11. The quantitative estimate of drug-likeness (QED) is 0.794. The van der Waals surface area contributed by atoms with Crippen molar-refractivity contribution >= 4 is 40.8 Å². The molecule has 2 N–H and O–H groups in total. The van der Waals surface area contributed by atoms with Crippen LogP contribution >= 0.6 is 22.9 Å². The minimum absolute atomic E-state index is 0.202. The summed E-state index contributed by atoms with van der Waals surface area (Å²) in [7, 11) is 1.14. The monoisotopic (exact) mass is 291 g/mol. The Bertz CT molecular complexity index is 473. The van der Waals surface area contributed by atoms with E-state index in [1.165, 1.54) is 6.07 Å². The lowest BCUT2D eigenvalue weighted by molar-refractivity contribution is -0.147. The van der Waals surface area contributed by atoms with Gasteiger partial charge in [0.25, 0.3) is 5.91 Å². The molecule has 0 radical (unpaired) electrons. The van der Waals surface area contributed by atoms with E-state index in [2.05, 4.69) is 10.1 Å². The second kappa shape index (κ2) is 6.36. The van der Waals surface area contributed by atoms with Gasteiger partial charge in [-0.15, -0.1) is 11.3 Å². The number of thiophene rings is 1. The maximum absolute atomic E-state index is 11.7. The van der Waals surface area contributed by atoms with E-state index in [9.17, 15) is 14.4 Å². The maximum atomic E-state index is 11.7. The van der Waals surface area contributed by atoms with Crippen LogP contribution in [0.15, 0.2) is 11.4 Å². The van der Waals surface area contributed by atoms with Gasteiger partial charge in [-0.1, -0.05) is 11.6 Å². The van der Waals surface area contributed by atoms with E-state index in [0.717, 1.165) is 18.4 Å². The summed E-state index contributed by atoms with van der Waals surface area (Å²) < 4.78 is 4.35. The highest BCUT2D eigenvalue weighted by molar-refractivity contribution is 7.12. The van der Waals surface area contributed by atoms with Crippen LogP contribution in [0, 0.1) is 0 Å². The molecule has 0 aliphatic rings. The SMILES string of the molecule is COC(=O)C[C@H](NC(=O)c1sccc1Cl)C(=O)O. The molecule has 1 aromatic heterocycles. The molecular formula is C10H10ClNO5S. The number of carbonyl (C=O) groups is 3. The molecule has 0 aromatic carbocycles. The molecule has 1 heterocycles. The van der Waals surface area contributed by atoms with Crippen LogP contribution in [0.2, 0.25) is 5.02 Å². The fourth-order valence-electron chi connectivity index (χ4n) is 1.13. The van der Waals surface area contributed by atoms with Crippen molar-refractivity contribution in [3.8, 4) is 0 Å². The molecule has 1 atom stereocenters. The summed E-state index contributed by atoms with van der Waals surface area (Å²) in [5, 5.41) is 12.9. The highest BCUT2D eigenvalue weighted by Gasteiger charge is 2.25. The van der Waals surface area contributed by atoms with Gasteiger partial charge in [-0.25, -0.2) is 4.79 Å². The van der Waals surface area contributed by atoms with Gasteiger partial charge in [0.1, 0.15) is 10.9 Å². The van der Waals surface area contributed by atoms with Crippen molar-refractivity contribution in [2.24, 2.45) is 0 Å². The fourth-order valence-corrected chi connectivity index (χ4v) is 2.17. The fraction of sp³-hybridized carbons (Fsp3) is 0.300. The number of ether oxygens (including phenoxy) is 1. The lowest BCUT2D eigenvalue weighted by atomic mass is 10.2. The van der Waals surface area contributed by atoms with E-state index in [1.807, 2.05) is 0 Å². The molecule has 0 aliphatic heterocycles. The smallest absolute Gasteiger partial charge is 0.326 e. The van der Waals surface area contributed by atoms with Crippen LogP contribution in [0.25, 0.3) is 0 Å². The Morgan fingerprint density at radius 2 is 2.22 bits per heavy atom. The Labute approximate surface area is 112 Å². The number of aliphatic carboxylic acids is 1. The number of nitrogens with one attached hydrogen (secondary N) is 1. The lowest BCUT2D eigenvalue weighted by Crippen LogP contribution is -2.42. The number of methoxy groups -OCH3 is 1. The largest absolute Gasteiger partial charge is 0.480 e. The normalized spacial score (nSPS) is 11.7. The van der Waals surface area contributed by atoms with Crippen molar-refractivity contribution in [1.82, 2.24) is 5.32 Å². The minimum Gasteiger partial charge on any atom is -0.480 e. The van der Waals surface area contributed by atoms with Crippen molar-refractivity contribution in [2.45, 2.75) is 12.5 Å². The van der Waals surface area contributed by atoms with Gasteiger partial charge in [-0.05, 0) is 11.4 Å². The zero-order valence-electron chi connectivity index (χ0n) is 9.31. The molecule has 0 saturated heterocycles. The molecule has 0 spiro atoms. The van der Waals surface area contributed by atoms with Gasteiger partial charge in [0.2, 0.25) is 0 Å². The molecule has 98 valence electrons. The van der Waals surface area contributed by atoms with Gasteiger partial charge in [-0.3, -0.25) is 9.59 Å². The van der Waals surface area contributed by atoms with Crippen molar-refractivity contribution in [3.05, 3.63) is 21.3 Å². The number of carbonyl (C=O) groups excluding carboxylic acids is 2. The standard InChI is InChI=1S/C10H10ClNO5S/c1-17-7(13)4-6(10(15)16)12-9(14)8-5(11)2-3-18-8/h2-3,6H,4H2,1H3,(H,12,14)(H,15,16)/t6-/m0/s1. The van der Waals surface area contributed by atoms with Crippen LogP contribution < -0.4 is 5.32 Å². The summed E-state index contributed by atoms with van der Waals surface area (Å²) >= 11 is 6.82. The molecule has 6 nitrogen and oxygen atoms in total. The number of esters is 1. The van der Waals surface area contributed by atoms with Crippen LogP contribution in [0.5, 0.6) is 0 Å². The molecular weight excluding hydrogens is 282 g/mol. The number of hydrogen-bond acceptors (Lipinski definition) is 5. The number of carboxylic acid groups (broad SMARTS) is 1. The second-order valence-electron chi connectivity index (χ2n) is 3.24. The molecule has 1 rings (SSSR count). The number of hydrogen-bond donors (Lipinski definition) is 2. The summed E-state index contributed by atoms with van der Waals surface area (Å²) in [4.78, 5) is 33.8. The van der Waals surface area contributed by atoms with Gasteiger partial charge in [-0.2, -0.15) is 0 Å². The van der Waals surface area contributed by atoms with E-state index in [4.69, 9.17) is 16.7 Å². The van der Waals surface area contributed by atoms with Crippen LogP contribution in [0.3, 0.4) is 0 Å². The molecule has 0 fully saturated rings. The van der Waals surface area contributed by atoms with Crippen LogP contribution in [-0.4, -0.2) is 36.1 Å². The Morgan fingerprint density at radius 1 is 1.56 bits per heavy atom. The molecule has 18 heavy (non-hydrogen) atoms. The van der Waals surface area contributed by atoms with Crippen molar-refractivity contribution < 1.29 is 24.2 Å². The second-order valence-corrected chi connectivity index (χ2v) is 4.57. The predicted octanol–water partition coefficient (Wildman–Crippen LogP) is 1.15. The predicted molar refractivity (Wildman–Crippen MR) is 64.9 cm³/mol. The van der Waals surface area contributed by atoms with E-state index in [1.54, 1.807) is 5.38 Å². The van der Waals surface area contributed by atoms with E-state index in [-0.39, 0.29) is 9.90 Å². The van der Waals surface area contributed by atoms with E-state index >= 15 is 0 Å². The third-order valence-corrected chi connectivity index (χ3v) is 3.37. The molecule has 1 amide bonds. The molecule has 0 saturated carbocycles. The first-order valence-corrected chi connectivity index (χ1v) is 6.05. The number of rotatable bonds is 5.